The van der Waals surface area contributed by atoms with E-state index < -0.39 is 5.41 Å². The van der Waals surface area contributed by atoms with E-state index in [0.717, 1.165) is 10.6 Å². The normalized spacial score (nSPS) is 11.5. The summed E-state index contributed by atoms with van der Waals surface area (Å²) in [5.41, 5.74) is 1.35. The van der Waals surface area contributed by atoms with E-state index in [2.05, 4.69) is 11.6 Å². The Bertz CT molecular complexity index is 900. The minimum absolute atomic E-state index is 0.189. The molecule has 2 rings (SSSR count). The van der Waals surface area contributed by atoms with Crippen LogP contribution in [0.2, 0.25) is 0 Å². The molecule has 1 aromatic carbocycles. The van der Waals surface area contributed by atoms with Crippen molar-refractivity contribution in [1.82, 2.24) is 14.6 Å². The van der Waals surface area contributed by atoms with Crippen molar-refractivity contribution in [2.75, 3.05) is 13.2 Å². The largest absolute Gasteiger partial charge is 0.465 e. The zero-order valence-electron chi connectivity index (χ0n) is 18.0. The summed E-state index contributed by atoms with van der Waals surface area (Å²) in [7, 11) is 0. The highest BCUT2D eigenvalue weighted by atomic mass is 16.7. The van der Waals surface area contributed by atoms with Crippen molar-refractivity contribution in [3.05, 3.63) is 72.5 Å². The van der Waals surface area contributed by atoms with Gasteiger partial charge in [-0.2, -0.15) is 5.06 Å². The molecule has 0 atom stereocenters. The van der Waals surface area contributed by atoms with Crippen LogP contribution in [0.4, 0.5) is 0 Å². The van der Waals surface area contributed by atoms with Gasteiger partial charge >= 0.3 is 5.97 Å². The average Bonchev–Trinajstić information content (AvgIpc) is 3.12. The quantitative estimate of drug-likeness (QED) is 0.339. The average molecular weight is 412 g/mol. The standard InChI is InChI=1S/C23H29N3O4/c1-6-15-30-26(18(3)27)14-13-20-21(23(4,5)22(28)29-7-2)24-17-25(20)16-19-11-9-8-10-12-19/h6,8-14,17H,1,7,15-16H2,2-5H3/b14-13+. The molecule has 7 heteroatoms. The first-order valence-corrected chi connectivity index (χ1v) is 9.79. The second-order valence-electron chi connectivity index (χ2n) is 7.18. The maximum Gasteiger partial charge on any atom is 0.317 e. The Morgan fingerprint density at radius 1 is 1.27 bits per heavy atom. The fourth-order valence-corrected chi connectivity index (χ4v) is 2.87. The molecule has 0 aliphatic rings. The van der Waals surface area contributed by atoms with Crippen LogP contribution in [-0.2, 0) is 31.1 Å². The lowest BCUT2D eigenvalue weighted by Gasteiger charge is -2.22. The summed E-state index contributed by atoms with van der Waals surface area (Å²) in [5, 5.41) is 1.13. The SMILES string of the molecule is C=CCON(/C=C/c1c(C(C)(C)C(=O)OCC)ncn1Cc1ccccc1)C(C)=O. The zero-order chi connectivity index (χ0) is 22.1. The first-order chi connectivity index (χ1) is 14.3. The monoisotopic (exact) mass is 411 g/mol. The summed E-state index contributed by atoms with van der Waals surface area (Å²) in [6, 6.07) is 9.91. The maximum absolute atomic E-state index is 12.6. The van der Waals surface area contributed by atoms with Crippen molar-refractivity contribution < 1.29 is 19.2 Å². The van der Waals surface area contributed by atoms with E-state index in [1.54, 1.807) is 39.3 Å². The van der Waals surface area contributed by atoms with E-state index in [4.69, 9.17) is 9.57 Å². The summed E-state index contributed by atoms with van der Waals surface area (Å²) < 4.78 is 7.17. The van der Waals surface area contributed by atoms with Crippen molar-refractivity contribution in [3.8, 4) is 0 Å². The Morgan fingerprint density at radius 3 is 2.57 bits per heavy atom. The van der Waals surface area contributed by atoms with Crippen molar-refractivity contribution in [1.29, 1.82) is 0 Å². The van der Waals surface area contributed by atoms with Crippen LogP contribution >= 0.6 is 0 Å². The van der Waals surface area contributed by atoms with Crippen molar-refractivity contribution >= 4 is 18.0 Å². The van der Waals surface area contributed by atoms with E-state index in [1.165, 1.54) is 13.1 Å². The predicted octanol–water partition coefficient (Wildman–Crippen LogP) is 3.71. The molecule has 30 heavy (non-hydrogen) atoms. The van der Waals surface area contributed by atoms with Crippen molar-refractivity contribution in [2.24, 2.45) is 0 Å². The molecule has 2 aromatic rings. The third-order valence-corrected chi connectivity index (χ3v) is 4.46. The van der Waals surface area contributed by atoms with Gasteiger partial charge in [0.05, 0.1) is 30.9 Å². The summed E-state index contributed by atoms with van der Waals surface area (Å²) >= 11 is 0. The highest BCUT2D eigenvalue weighted by Crippen LogP contribution is 2.28. The van der Waals surface area contributed by atoms with E-state index in [-0.39, 0.29) is 25.1 Å². The smallest absolute Gasteiger partial charge is 0.317 e. The second-order valence-corrected chi connectivity index (χ2v) is 7.18. The molecule has 0 saturated heterocycles. The van der Waals surface area contributed by atoms with Crippen molar-refractivity contribution in [3.63, 3.8) is 0 Å². The Morgan fingerprint density at radius 2 is 1.97 bits per heavy atom. The van der Waals surface area contributed by atoms with E-state index in [9.17, 15) is 9.59 Å². The minimum Gasteiger partial charge on any atom is -0.465 e. The van der Waals surface area contributed by atoms with Crippen LogP contribution < -0.4 is 0 Å². The number of carbonyl (C=O) groups is 2. The summed E-state index contributed by atoms with van der Waals surface area (Å²) in [6.45, 7) is 11.3. The molecule has 0 bridgehead atoms. The van der Waals surface area contributed by atoms with Crippen LogP contribution in [0.3, 0.4) is 0 Å². The number of rotatable bonds is 10. The molecule has 0 N–H and O–H groups in total. The van der Waals surface area contributed by atoms with Crippen LogP contribution in [-0.4, -0.2) is 39.7 Å². The lowest BCUT2D eigenvalue weighted by Crippen LogP contribution is -2.32. The van der Waals surface area contributed by atoms with Gasteiger partial charge in [-0.25, -0.2) is 4.98 Å². The number of ether oxygens (including phenoxy) is 1. The molecule has 0 aliphatic carbocycles. The number of benzene rings is 1. The van der Waals surface area contributed by atoms with Crippen LogP contribution in [0, 0.1) is 0 Å². The molecular formula is C23H29N3O4. The lowest BCUT2D eigenvalue weighted by molar-refractivity contribution is -0.164. The topological polar surface area (TPSA) is 73.7 Å². The number of carbonyl (C=O) groups excluding carboxylic acids is 2. The third-order valence-electron chi connectivity index (χ3n) is 4.46. The van der Waals surface area contributed by atoms with Gasteiger partial charge in [0.1, 0.15) is 5.41 Å². The van der Waals surface area contributed by atoms with E-state index >= 15 is 0 Å². The van der Waals surface area contributed by atoms with Gasteiger partial charge in [-0.3, -0.25) is 14.4 Å². The summed E-state index contributed by atoms with van der Waals surface area (Å²) in [5.74, 6) is -0.649. The molecule has 1 heterocycles. The number of esters is 1. The number of nitrogens with zero attached hydrogens (tertiary/aromatic N) is 3. The molecule has 0 unspecified atom stereocenters. The van der Waals surface area contributed by atoms with Gasteiger partial charge < -0.3 is 9.30 Å². The first-order valence-electron chi connectivity index (χ1n) is 9.79. The highest BCUT2D eigenvalue weighted by Gasteiger charge is 2.36. The Hall–Kier alpha value is -3.19. The van der Waals surface area contributed by atoms with Crippen LogP contribution in [0.15, 0.2) is 55.5 Å². The summed E-state index contributed by atoms with van der Waals surface area (Å²) in [4.78, 5) is 34.4. The van der Waals surface area contributed by atoms with Gasteiger partial charge in [-0.05, 0) is 32.4 Å². The van der Waals surface area contributed by atoms with Gasteiger partial charge in [0.2, 0.25) is 5.91 Å². The summed E-state index contributed by atoms with van der Waals surface area (Å²) in [6.07, 6.45) is 6.48. The molecule has 0 saturated carbocycles. The van der Waals surface area contributed by atoms with Crippen LogP contribution in [0.5, 0.6) is 0 Å². The third kappa shape index (κ3) is 5.67. The molecule has 0 aliphatic heterocycles. The molecule has 0 radical (unpaired) electrons. The van der Waals surface area contributed by atoms with E-state index in [1.807, 2.05) is 34.9 Å². The van der Waals surface area contributed by atoms with Gasteiger partial charge in [0.25, 0.3) is 0 Å². The molecule has 7 nitrogen and oxygen atoms in total. The fraction of sp³-hybridized carbons (Fsp3) is 0.348. The van der Waals surface area contributed by atoms with Crippen molar-refractivity contribution in [2.45, 2.75) is 39.7 Å². The molecule has 0 spiro atoms. The van der Waals surface area contributed by atoms with Crippen LogP contribution in [0.25, 0.3) is 6.08 Å². The second kappa shape index (κ2) is 10.5. The molecule has 160 valence electrons. The van der Waals surface area contributed by atoms with Gasteiger partial charge in [-0.1, -0.05) is 36.4 Å². The first kappa shape index (κ1) is 23.1. The molecule has 0 fully saturated rings. The number of hydrogen-bond acceptors (Lipinski definition) is 5. The molecule has 1 amide bonds. The van der Waals surface area contributed by atoms with E-state index in [0.29, 0.717) is 17.9 Å². The number of amides is 1. The Kier molecular flexibility index (Phi) is 8.12. The molecular weight excluding hydrogens is 382 g/mol. The highest BCUT2D eigenvalue weighted by molar-refractivity contribution is 5.83. The minimum atomic E-state index is -0.972. The zero-order valence-corrected chi connectivity index (χ0v) is 18.0. The predicted molar refractivity (Wildman–Crippen MR) is 115 cm³/mol. The fourth-order valence-electron chi connectivity index (χ4n) is 2.87. The molecule has 1 aromatic heterocycles. The number of aromatic nitrogens is 2. The number of hydroxylamine groups is 2. The lowest BCUT2D eigenvalue weighted by atomic mass is 9.88. The van der Waals surface area contributed by atoms with Gasteiger partial charge in [0.15, 0.2) is 0 Å². The Balaban J connectivity index is 2.47. The number of imidazole rings is 1. The van der Waals surface area contributed by atoms with Gasteiger partial charge in [0, 0.05) is 19.7 Å². The van der Waals surface area contributed by atoms with Crippen LogP contribution in [0.1, 0.15) is 44.6 Å². The Labute approximate surface area is 177 Å². The van der Waals surface area contributed by atoms with Gasteiger partial charge in [-0.15, -0.1) is 6.58 Å². The maximum atomic E-state index is 12.6. The number of hydrogen-bond donors (Lipinski definition) is 0.